The van der Waals surface area contributed by atoms with E-state index in [0.29, 0.717) is 11.9 Å². The van der Waals surface area contributed by atoms with Crippen LogP contribution in [0.25, 0.3) is 0 Å². The normalized spacial score (nSPS) is 24.4. The first kappa shape index (κ1) is 12.5. The third kappa shape index (κ3) is 2.83. The molecule has 4 heteroatoms. The van der Waals surface area contributed by atoms with Gasteiger partial charge in [0.1, 0.15) is 0 Å². The molecule has 2 atom stereocenters. The van der Waals surface area contributed by atoms with Gasteiger partial charge in [-0.25, -0.2) is 4.98 Å². The quantitative estimate of drug-likeness (QED) is 0.776. The number of halogens is 1. The number of alkyl halides is 1. The minimum absolute atomic E-state index is 0.243. The van der Waals surface area contributed by atoms with Gasteiger partial charge in [-0.05, 0) is 18.9 Å². The number of aromatic nitrogens is 1. The Labute approximate surface area is 108 Å². The summed E-state index contributed by atoms with van der Waals surface area (Å²) < 4.78 is 5.15. The summed E-state index contributed by atoms with van der Waals surface area (Å²) in [5.41, 5.74) is 1.12. The van der Waals surface area contributed by atoms with E-state index in [1.54, 1.807) is 13.3 Å². The SMILES string of the molecule is COc1cc(N(C)C2CCCCC2Cl)ccn1. The fraction of sp³-hybridized carbons (Fsp3) is 0.615. The van der Waals surface area contributed by atoms with Gasteiger partial charge in [0.05, 0.1) is 12.5 Å². The van der Waals surface area contributed by atoms with Crippen molar-refractivity contribution in [2.45, 2.75) is 37.1 Å². The average molecular weight is 255 g/mol. The highest BCUT2D eigenvalue weighted by Gasteiger charge is 2.27. The number of hydrogen-bond donors (Lipinski definition) is 0. The molecule has 0 amide bonds. The Hall–Kier alpha value is -0.960. The van der Waals surface area contributed by atoms with Crippen molar-refractivity contribution < 1.29 is 4.74 Å². The topological polar surface area (TPSA) is 25.4 Å². The van der Waals surface area contributed by atoms with Crippen molar-refractivity contribution in [1.29, 1.82) is 0 Å². The molecule has 0 saturated heterocycles. The Morgan fingerprint density at radius 2 is 2.18 bits per heavy atom. The van der Waals surface area contributed by atoms with Crippen molar-refractivity contribution in [2.75, 3.05) is 19.1 Å². The van der Waals surface area contributed by atoms with E-state index in [1.165, 1.54) is 12.8 Å². The molecule has 0 bridgehead atoms. The molecular formula is C13H19ClN2O. The van der Waals surface area contributed by atoms with Crippen LogP contribution in [0.1, 0.15) is 25.7 Å². The Morgan fingerprint density at radius 1 is 1.41 bits per heavy atom. The standard InChI is InChI=1S/C13H19ClN2O/c1-16(12-6-4-3-5-11(12)14)10-7-8-15-13(9-10)17-2/h7-9,11-12H,3-6H2,1-2H3. The van der Waals surface area contributed by atoms with Gasteiger partial charge in [0, 0.05) is 31.0 Å². The molecule has 2 rings (SSSR count). The number of rotatable bonds is 3. The van der Waals surface area contributed by atoms with E-state index in [1.807, 2.05) is 12.1 Å². The van der Waals surface area contributed by atoms with E-state index in [0.717, 1.165) is 18.5 Å². The summed E-state index contributed by atoms with van der Waals surface area (Å²) in [6, 6.07) is 4.37. The average Bonchev–Trinajstić information content (AvgIpc) is 2.38. The Balaban J connectivity index is 2.14. The lowest BCUT2D eigenvalue weighted by molar-refractivity contribution is 0.397. The number of pyridine rings is 1. The lowest BCUT2D eigenvalue weighted by Crippen LogP contribution is -2.40. The number of hydrogen-bond acceptors (Lipinski definition) is 3. The molecule has 1 aliphatic rings. The molecule has 0 aliphatic heterocycles. The maximum atomic E-state index is 6.41. The van der Waals surface area contributed by atoms with Gasteiger partial charge < -0.3 is 9.64 Å². The molecule has 0 N–H and O–H groups in total. The highest BCUT2D eigenvalue weighted by Crippen LogP contribution is 2.30. The molecule has 1 aromatic heterocycles. The van der Waals surface area contributed by atoms with Crippen molar-refractivity contribution in [3.05, 3.63) is 18.3 Å². The van der Waals surface area contributed by atoms with Gasteiger partial charge >= 0.3 is 0 Å². The van der Waals surface area contributed by atoms with Crippen molar-refractivity contribution in [3.63, 3.8) is 0 Å². The molecule has 1 aromatic rings. The number of methoxy groups -OCH3 is 1. The minimum atomic E-state index is 0.243. The molecule has 3 nitrogen and oxygen atoms in total. The molecule has 0 radical (unpaired) electrons. The molecule has 2 unspecified atom stereocenters. The predicted octanol–water partition coefficient (Wildman–Crippen LogP) is 3.08. The van der Waals surface area contributed by atoms with E-state index in [4.69, 9.17) is 16.3 Å². The fourth-order valence-electron chi connectivity index (χ4n) is 2.42. The van der Waals surface area contributed by atoms with E-state index in [2.05, 4.69) is 16.9 Å². The summed E-state index contributed by atoms with van der Waals surface area (Å²) in [7, 11) is 3.73. The van der Waals surface area contributed by atoms with Crippen LogP contribution < -0.4 is 9.64 Å². The van der Waals surface area contributed by atoms with Crippen LogP contribution >= 0.6 is 11.6 Å². The zero-order valence-corrected chi connectivity index (χ0v) is 11.2. The van der Waals surface area contributed by atoms with Crippen LogP contribution in [0.5, 0.6) is 5.88 Å². The molecule has 1 aliphatic carbocycles. The van der Waals surface area contributed by atoms with E-state index >= 15 is 0 Å². The first-order valence-electron chi connectivity index (χ1n) is 6.09. The van der Waals surface area contributed by atoms with Crippen LogP contribution in [0.15, 0.2) is 18.3 Å². The van der Waals surface area contributed by atoms with Gasteiger partial charge in [-0.2, -0.15) is 0 Å². The van der Waals surface area contributed by atoms with Crippen molar-refractivity contribution >= 4 is 17.3 Å². The highest BCUT2D eigenvalue weighted by molar-refractivity contribution is 6.21. The van der Waals surface area contributed by atoms with Gasteiger partial charge in [-0.15, -0.1) is 11.6 Å². The lowest BCUT2D eigenvalue weighted by Gasteiger charge is -2.36. The summed E-state index contributed by atoms with van der Waals surface area (Å²) >= 11 is 6.41. The summed E-state index contributed by atoms with van der Waals surface area (Å²) in [6.07, 6.45) is 6.56. The summed E-state index contributed by atoms with van der Waals surface area (Å²) in [5.74, 6) is 0.649. The second kappa shape index (κ2) is 5.58. The van der Waals surface area contributed by atoms with E-state index < -0.39 is 0 Å². The molecule has 0 aromatic carbocycles. The lowest BCUT2D eigenvalue weighted by atomic mass is 9.93. The Bertz CT molecular complexity index is 372. The maximum absolute atomic E-state index is 6.41. The number of anilines is 1. The van der Waals surface area contributed by atoms with Gasteiger partial charge in [0.2, 0.25) is 5.88 Å². The van der Waals surface area contributed by atoms with Crippen LogP contribution in [0.2, 0.25) is 0 Å². The molecule has 1 fully saturated rings. The van der Waals surface area contributed by atoms with Gasteiger partial charge in [0.25, 0.3) is 0 Å². The van der Waals surface area contributed by atoms with Crippen LogP contribution in [0.3, 0.4) is 0 Å². The summed E-state index contributed by atoms with van der Waals surface area (Å²) in [5, 5.41) is 0.243. The smallest absolute Gasteiger partial charge is 0.214 e. The monoisotopic (exact) mass is 254 g/mol. The van der Waals surface area contributed by atoms with E-state index in [9.17, 15) is 0 Å². The Kier molecular flexibility index (Phi) is 4.11. The third-order valence-corrected chi connectivity index (χ3v) is 3.99. The Morgan fingerprint density at radius 3 is 2.88 bits per heavy atom. The first-order chi connectivity index (χ1) is 8.22. The van der Waals surface area contributed by atoms with Crippen molar-refractivity contribution in [2.24, 2.45) is 0 Å². The van der Waals surface area contributed by atoms with Crippen molar-refractivity contribution in [3.8, 4) is 5.88 Å². The van der Waals surface area contributed by atoms with Crippen molar-refractivity contribution in [1.82, 2.24) is 4.98 Å². The van der Waals surface area contributed by atoms with Gasteiger partial charge in [-0.3, -0.25) is 0 Å². The van der Waals surface area contributed by atoms with E-state index in [-0.39, 0.29) is 5.38 Å². The zero-order valence-electron chi connectivity index (χ0n) is 10.4. The summed E-state index contributed by atoms with van der Waals surface area (Å²) in [4.78, 5) is 6.37. The minimum Gasteiger partial charge on any atom is -0.481 e. The number of ether oxygens (including phenoxy) is 1. The highest BCUT2D eigenvalue weighted by atomic mass is 35.5. The molecule has 1 saturated carbocycles. The zero-order chi connectivity index (χ0) is 12.3. The van der Waals surface area contributed by atoms with Crippen LogP contribution in [0.4, 0.5) is 5.69 Å². The van der Waals surface area contributed by atoms with Crippen LogP contribution in [0, 0.1) is 0 Å². The van der Waals surface area contributed by atoms with Crippen LogP contribution in [-0.4, -0.2) is 30.6 Å². The van der Waals surface area contributed by atoms with Crippen LogP contribution in [-0.2, 0) is 0 Å². The molecule has 94 valence electrons. The molecule has 17 heavy (non-hydrogen) atoms. The maximum Gasteiger partial charge on any atom is 0.214 e. The largest absolute Gasteiger partial charge is 0.481 e. The second-order valence-corrected chi connectivity index (χ2v) is 5.10. The predicted molar refractivity (Wildman–Crippen MR) is 71.1 cm³/mol. The first-order valence-corrected chi connectivity index (χ1v) is 6.53. The molecule has 1 heterocycles. The number of nitrogens with zero attached hydrogens (tertiary/aromatic N) is 2. The second-order valence-electron chi connectivity index (χ2n) is 4.54. The molecular weight excluding hydrogens is 236 g/mol. The molecule has 0 spiro atoms. The van der Waals surface area contributed by atoms with Gasteiger partial charge in [0.15, 0.2) is 0 Å². The third-order valence-electron chi connectivity index (χ3n) is 3.48. The summed E-state index contributed by atoms with van der Waals surface area (Å²) in [6.45, 7) is 0. The fourth-order valence-corrected chi connectivity index (χ4v) is 2.87. The van der Waals surface area contributed by atoms with Gasteiger partial charge in [-0.1, -0.05) is 12.8 Å².